The van der Waals surface area contributed by atoms with Crippen molar-refractivity contribution in [1.82, 2.24) is 9.97 Å². The first-order chi connectivity index (χ1) is 13.3. The average Bonchev–Trinajstić information content (AvgIpc) is 2.67. The van der Waals surface area contributed by atoms with Gasteiger partial charge < -0.3 is 15.8 Å². The van der Waals surface area contributed by atoms with Crippen LogP contribution in [0.4, 0.5) is 23.4 Å². The Morgan fingerprint density at radius 2 is 1.79 bits per heavy atom. The molecule has 0 aliphatic rings. The van der Waals surface area contributed by atoms with Crippen LogP contribution in [0.1, 0.15) is 11.6 Å². The summed E-state index contributed by atoms with van der Waals surface area (Å²) in [4.78, 5) is 8.10. The third kappa shape index (κ3) is 5.17. The minimum atomic E-state index is -4.97. The van der Waals surface area contributed by atoms with E-state index in [-0.39, 0.29) is 11.6 Å². The van der Waals surface area contributed by atoms with E-state index in [4.69, 9.17) is 5.73 Å². The number of benzene rings is 2. The number of alkyl halides is 3. The predicted molar refractivity (Wildman–Crippen MR) is 96.0 cm³/mol. The molecule has 3 N–H and O–H groups in total. The zero-order valence-electron chi connectivity index (χ0n) is 14.4. The quantitative estimate of drug-likeness (QED) is 0.612. The Bertz CT molecular complexity index is 935. The maximum Gasteiger partial charge on any atom is 0.573 e. The van der Waals surface area contributed by atoms with Crippen LogP contribution in [0.25, 0.3) is 11.3 Å². The van der Waals surface area contributed by atoms with Gasteiger partial charge in [-0.15, -0.1) is 13.2 Å². The van der Waals surface area contributed by atoms with Crippen molar-refractivity contribution in [3.63, 3.8) is 0 Å². The van der Waals surface area contributed by atoms with E-state index in [1.807, 2.05) is 30.3 Å². The van der Waals surface area contributed by atoms with E-state index in [1.54, 1.807) is 6.07 Å². The summed E-state index contributed by atoms with van der Waals surface area (Å²) in [5.74, 6) is -1.60. The molecule has 0 saturated carbocycles. The number of ether oxygens (including phenoxy) is 1. The minimum Gasteiger partial charge on any atom is -0.403 e. The summed E-state index contributed by atoms with van der Waals surface area (Å²) in [6.07, 6.45) is -3.70. The molecular weight excluding hydrogens is 376 g/mol. The van der Waals surface area contributed by atoms with Gasteiger partial charge in [-0.25, -0.2) is 14.4 Å². The SMILES string of the molecule is NC(CNc1cc(-c2ccc(OC(F)(F)F)c(F)c2)ncn1)c1ccccc1. The van der Waals surface area contributed by atoms with Gasteiger partial charge in [0.15, 0.2) is 11.6 Å². The number of halogens is 4. The fourth-order valence-corrected chi connectivity index (χ4v) is 2.51. The summed E-state index contributed by atoms with van der Waals surface area (Å²) in [6.45, 7) is 0.396. The molecule has 9 heteroatoms. The van der Waals surface area contributed by atoms with E-state index in [0.29, 0.717) is 18.1 Å². The van der Waals surface area contributed by atoms with Crippen LogP contribution in [0, 0.1) is 5.82 Å². The molecule has 3 aromatic rings. The Hall–Kier alpha value is -3.20. The smallest absolute Gasteiger partial charge is 0.403 e. The summed E-state index contributed by atoms with van der Waals surface area (Å²) in [5.41, 5.74) is 7.69. The summed E-state index contributed by atoms with van der Waals surface area (Å²) < 4.78 is 54.3. The number of anilines is 1. The number of hydrogen-bond acceptors (Lipinski definition) is 5. The van der Waals surface area contributed by atoms with E-state index in [9.17, 15) is 17.6 Å². The first-order valence-electron chi connectivity index (χ1n) is 8.24. The maximum atomic E-state index is 13.9. The van der Waals surface area contributed by atoms with Crippen molar-refractivity contribution in [3.05, 3.63) is 72.3 Å². The first kappa shape index (κ1) is 19.6. The van der Waals surface area contributed by atoms with Crippen molar-refractivity contribution in [2.75, 3.05) is 11.9 Å². The summed E-state index contributed by atoms with van der Waals surface area (Å²) >= 11 is 0. The lowest BCUT2D eigenvalue weighted by Crippen LogP contribution is -2.21. The Labute approximate surface area is 158 Å². The van der Waals surface area contributed by atoms with Crippen molar-refractivity contribution in [3.8, 4) is 17.0 Å². The van der Waals surface area contributed by atoms with Crippen molar-refractivity contribution in [1.29, 1.82) is 0 Å². The monoisotopic (exact) mass is 392 g/mol. The van der Waals surface area contributed by atoms with Gasteiger partial charge >= 0.3 is 6.36 Å². The second kappa shape index (κ2) is 8.22. The number of rotatable bonds is 6. The molecule has 0 saturated heterocycles. The molecule has 5 nitrogen and oxygen atoms in total. The van der Waals surface area contributed by atoms with Gasteiger partial charge in [-0.05, 0) is 23.8 Å². The van der Waals surface area contributed by atoms with Crippen molar-refractivity contribution in [2.24, 2.45) is 5.73 Å². The van der Waals surface area contributed by atoms with Gasteiger partial charge in [0.25, 0.3) is 0 Å². The van der Waals surface area contributed by atoms with E-state index in [1.165, 1.54) is 12.4 Å². The van der Waals surface area contributed by atoms with Crippen LogP contribution < -0.4 is 15.8 Å². The molecule has 2 aromatic carbocycles. The molecule has 0 bridgehead atoms. The van der Waals surface area contributed by atoms with Gasteiger partial charge in [0.2, 0.25) is 0 Å². The first-order valence-corrected chi connectivity index (χ1v) is 8.24. The molecule has 0 aliphatic carbocycles. The van der Waals surface area contributed by atoms with E-state index >= 15 is 0 Å². The Morgan fingerprint density at radius 3 is 2.46 bits per heavy atom. The molecule has 28 heavy (non-hydrogen) atoms. The highest BCUT2D eigenvalue weighted by molar-refractivity contribution is 5.63. The summed E-state index contributed by atoms with van der Waals surface area (Å²) in [7, 11) is 0. The van der Waals surface area contributed by atoms with Crippen LogP contribution in [0.15, 0.2) is 60.9 Å². The zero-order valence-corrected chi connectivity index (χ0v) is 14.4. The van der Waals surface area contributed by atoms with Gasteiger partial charge in [0.05, 0.1) is 5.69 Å². The largest absolute Gasteiger partial charge is 0.573 e. The Kier molecular flexibility index (Phi) is 5.74. The van der Waals surface area contributed by atoms with Crippen molar-refractivity contribution >= 4 is 5.82 Å². The molecule has 3 rings (SSSR count). The van der Waals surface area contributed by atoms with Crippen molar-refractivity contribution < 1.29 is 22.3 Å². The molecule has 1 aromatic heterocycles. The molecule has 0 radical (unpaired) electrons. The van der Waals surface area contributed by atoms with Crippen LogP contribution in [0.3, 0.4) is 0 Å². The zero-order chi connectivity index (χ0) is 20.1. The normalized spacial score (nSPS) is 12.5. The minimum absolute atomic E-state index is 0.268. The van der Waals surface area contributed by atoms with Gasteiger partial charge in [-0.3, -0.25) is 0 Å². The number of nitrogens with zero attached hydrogens (tertiary/aromatic N) is 2. The second-order valence-electron chi connectivity index (χ2n) is 5.88. The van der Waals surface area contributed by atoms with Crippen LogP contribution in [-0.2, 0) is 0 Å². The summed E-state index contributed by atoms with van der Waals surface area (Å²) in [5, 5.41) is 3.07. The van der Waals surface area contributed by atoms with Gasteiger partial charge in [-0.2, -0.15) is 0 Å². The van der Waals surface area contributed by atoms with Gasteiger partial charge in [0.1, 0.15) is 12.1 Å². The third-order valence-corrected chi connectivity index (χ3v) is 3.85. The highest BCUT2D eigenvalue weighted by Gasteiger charge is 2.32. The molecule has 0 aliphatic heterocycles. The molecule has 146 valence electrons. The lowest BCUT2D eigenvalue weighted by atomic mass is 10.1. The highest BCUT2D eigenvalue weighted by Crippen LogP contribution is 2.29. The molecule has 1 unspecified atom stereocenters. The van der Waals surface area contributed by atoms with E-state index in [0.717, 1.165) is 17.7 Å². The predicted octanol–water partition coefficient (Wildman–Crippen LogP) is 4.29. The van der Waals surface area contributed by atoms with E-state index in [2.05, 4.69) is 20.0 Å². The highest BCUT2D eigenvalue weighted by atomic mass is 19.4. The summed E-state index contributed by atoms with van der Waals surface area (Å²) in [6, 6.07) is 13.9. The lowest BCUT2D eigenvalue weighted by molar-refractivity contribution is -0.275. The fraction of sp³-hybridized carbons (Fsp3) is 0.158. The fourth-order valence-electron chi connectivity index (χ4n) is 2.51. The third-order valence-electron chi connectivity index (χ3n) is 3.85. The molecule has 0 spiro atoms. The van der Waals surface area contributed by atoms with Gasteiger partial charge in [0, 0.05) is 24.2 Å². The standard InChI is InChI=1S/C19H16F4N4O/c20-14-8-13(6-7-17(14)28-19(21,22)23)16-9-18(27-11-26-16)25-10-15(24)12-4-2-1-3-5-12/h1-9,11,15H,10,24H2,(H,25,26,27). The maximum absolute atomic E-state index is 13.9. The second-order valence-corrected chi connectivity index (χ2v) is 5.88. The van der Waals surface area contributed by atoms with Crippen LogP contribution >= 0.6 is 0 Å². The molecule has 0 amide bonds. The molecular formula is C19H16F4N4O. The van der Waals surface area contributed by atoms with Crippen molar-refractivity contribution in [2.45, 2.75) is 12.4 Å². The molecule has 0 fully saturated rings. The number of aromatic nitrogens is 2. The van der Waals surface area contributed by atoms with Crippen LogP contribution in [0.2, 0.25) is 0 Å². The lowest BCUT2D eigenvalue weighted by Gasteiger charge is -2.14. The molecule has 1 atom stereocenters. The number of nitrogens with one attached hydrogen (secondary N) is 1. The number of hydrogen-bond donors (Lipinski definition) is 2. The Balaban J connectivity index is 1.72. The average molecular weight is 392 g/mol. The Morgan fingerprint density at radius 1 is 1.04 bits per heavy atom. The van der Waals surface area contributed by atoms with Gasteiger partial charge in [-0.1, -0.05) is 30.3 Å². The van der Waals surface area contributed by atoms with Crippen LogP contribution in [0.5, 0.6) is 5.75 Å². The number of nitrogens with two attached hydrogens (primary N) is 1. The topological polar surface area (TPSA) is 73.1 Å². The molecule has 1 heterocycles. The van der Waals surface area contributed by atoms with E-state index < -0.39 is 17.9 Å². The van der Waals surface area contributed by atoms with Crippen LogP contribution in [-0.4, -0.2) is 22.9 Å².